The van der Waals surface area contributed by atoms with Crippen LogP contribution in [-0.4, -0.2) is 57.4 Å². The van der Waals surface area contributed by atoms with E-state index in [4.69, 9.17) is 43.2 Å². The Balaban J connectivity index is 1.60. The summed E-state index contributed by atoms with van der Waals surface area (Å²) in [4.78, 5) is 4.56. The molecule has 2 aromatic heterocycles. The van der Waals surface area contributed by atoms with Gasteiger partial charge in [0.15, 0.2) is 6.29 Å². The van der Waals surface area contributed by atoms with Crippen molar-refractivity contribution >= 4 is 51.5 Å². The number of fused-ring (bicyclic) bond motifs is 1. The van der Waals surface area contributed by atoms with Crippen molar-refractivity contribution in [1.29, 1.82) is 5.26 Å². The van der Waals surface area contributed by atoms with Gasteiger partial charge in [0.25, 0.3) is 0 Å². The van der Waals surface area contributed by atoms with Crippen LogP contribution in [0.15, 0.2) is 59.2 Å². The normalized spacial score (nSPS) is 28.1. The first-order valence-electron chi connectivity index (χ1n) is 12.3. The Hall–Kier alpha value is -2.34. The minimum atomic E-state index is -1.25. The van der Waals surface area contributed by atoms with Gasteiger partial charge in [0.05, 0.1) is 30.1 Å². The molecule has 0 N–H and O–H groups in total. The molecule has 4 heterocycles. The van der Waals surface area contributed by atoms with Crippen molar-refractivity contribution in [3.05, 3.63) is 85.9 Å². The van der Waals surface area contributed by atoms with E-state index >= 15 is 0 Å². The molecule has 2 aliphatic rings. The number of hydrogen-bond acceptors (Lipinski definition) is 10. The van der Waals surface area contributed by atoms with Crippen molar-refractivity contribution in [2.45, 2.75) is 42.5 Å². The van der Waals surface area contributed by atoms with Gasteiger partial charge in [-0.15, -0.1) is 17.7 Å². The first kappa shape index (κ1) is 27.8. The number of aryl methyl sites for hydroxylation is 1. The van der Waals surface area contributed by atoms with Crippen LogP contribution in [0, 0.1) is 18.3 Å². The third kappa shape index (κ3) is 4.59. The van der Waals surface area contributed by atoms with Crippen molar-refractivity contribution in [1.82, 2.24) is 20.0 Å². The number of thiazole rings is 1. The van der Waals surface area contributed by atoms with Crippen LogP contribution in [0.2, 0.25) is 4.34 Å². The number of ether oxygens (including phenoxy) is 4. The van der Waals surface area contributed by atoms with E-state index in [2.05, 4.69) is 37.3 Å². The first-order chi connectivity index (χ1) is 19.4. The highest BCUT2D eigenvalue weighted by atomic mass is 79.9. The zero-order chi connectivity index (χ0) is 28.0. The molecule has 2 aliphatic heterocycles. The minimum absolute atomic E-state index is 0.220. The fourth-order valence-electron chi connectivity index (χ4n) is 5.40. The van der Waals surface area contributed by atoms with Crippen molar-refractivity contribution in [3.8, 4) is 16.8 Å². The van der Waals surface area contributed by atoms with Crippen molar-refractivity contribution in [2.24, 2.45) is 0 Å². The van der Waals surface area contributed by atoms with Crippen LogP contribution in [0.5, 0.6) is 0 Å². The van der Waals surface area contributed by atoms with Crippen LogP contribution in [0.25, 0.3) is 10.7 Å². The second kappa shape index (κ2) is 11.2. The largest absolute Gasteiger partial charge is 0.375 e. The highest BCUT2D eigenvalue weighted by molar-refractivity contribution is 9.10. The summed E-state index contributed by atoms with van der Waals surface area (Å²) in [7, 11) is 1.58. The molecule has 0 aliphatic carbocycles. The lowest BCUT2D eigenvalue weighted by Crippen LogP contribution is -2.70. The smallest absolute Gasteiger partial charge is 0.184 e. The summed E-state index contributed by atoms with van der Waals surface area (Å²) in [5.41, 5.74) is 1.14. The third-order valence-corrected chi connectivity index (χ3v) is 9.51. The molecule has 6 rings (SSSR count). The van der Waals surface area contributed by atoms with Gasteiger partial charge in [-0.1, -0.05) is 74.4 Å². The quantitative estimate of drug-likeness (QED) is 0.279. The maximum Gasteiger partial charge on any atom is 0.184 e. The third-order valence-electron chi connectivity index (χ3n) is 7.15. The Labute approximate surface area is 253 Å². The Kier molecular flexibility index (Phi) is 7.75. The van der Waals surface area contributed by atoms with Gasteiger partial charge in [0.1, 0.15) is 44.3 Å². The molecule has 0 radical (unpaired) electrons. The second-order valence-corrected chi connectivity index (χ2v) is 12.4. The van der Waals surface area contributed by atoms with Gasteiger partial charge < -0.3 is 18.9 Å². The fourth-order valence-corrected chi connectivity index (χ4v) is 7.28. The highest BCUT2D eigenvalue weighted by Crippen LogP contribution is 2.50. The molecule has 2 fully saturated rings. The van der Waals surface area contributed by atoms with Gasteiger partial charge in [-0.3, -0.25) is 0 Å². The molecule has 4 aromatic rings. The molecule has 9 nitrogen and oxygen atoms in total. The zero-order valence-corrected chi connectivity index (χ0v) is 25.3. The minimum Gasteiger partial charge on any atom is -0.375 e. The Bertz CT molecular complexity index is 1560. The van der Waals surface area contributed by atoms with Gasteiger partial charge in [0, 0.05) is 22.7 Å². The summed E-state index contributed by atoms with van der Waals surface area (Å²) in [6.07, 6.45) is -0.965. The molecule has 0 saturated carbocycles. The number of hydrogen-bond donors (Lipinski definition) is 1. The van der Waals surface area contributed by atoms with Crippen LogP contribution in [0.3, 0.4) is 0 Å². The summed E-state index contributed by atoms with van der Waals surface area (Å²) in [5, 5.41) is 20.0. The van der Waals surface area contributed by atoms with Gasteiger partial charge in [-0.2, -0.15) is 5.26 Å². The van der Waals surface area contributed by atoms with Crippen LogP contribution in [0.1, 0.15) is 28.7 Å². The average Bonchev–Trinajstić information content (AvgIpc) is 3.59. The maximum absolute atomic E-state index is 10.3. The molecule has 2 saturated heterocycles. The van der Waals surface area contributed by atoms with Gasteiger partial charge in [-0.05, 0) is 25.1 Å². The maximum atomic E-state index is 10.3. The molecule has 6 atom stereocenters. The monoisotopic (exact) mass is 659 g/mol. The molecule has 2 aromatic carbocycles. The number of nitrogens with zero attached hydrogens (tertiary/aromatic N) is 5. The molecule has 206 valence electrons. The predicted molar refractivity (Wildman–Crippen MR) is 155 cm³/mol. The van der Waals surface area contributed by atoms with Crippen LogP contribution >= 0.6 is 51.5 Å². The van der Waals surface area contributed by atoms with Crippen LogP contribution < -0.4 is 0 Å². The first-order valence-corrected chi connectivity index (χ1v) is 14.8. The Morgan fingerprint density at radius 1 is 1.25 bits per heavy atom. The topological polar surface area (TPSA) is 104 Å². The standard InChI is InChI=1S/C27H23BrClN5O4S2/c1-14-23(29)40-24(31-14)19-12-34(33-32-19)27(18-10-17(28)9-8-16(18)11-30)21-20(37-26(39)22(27)35-2)13-36-25(38-21)15-6-4-3-5-7-15/h3-10,12,20-22,25-26,39H,13H2,1-2H3/t20-,21+,22+,25?,26-,27?/m1/s1. The Morgan fingerprint density at radius 3 is 2.75 bits per heavy atom. The van der Waals surface area contributed by atoms with E-state index in [1.54, 1.807) is 24.1 Å². The lowest BCUT2D eigenvalue weighted by Gasteiger charge is -2.55. The summed E-state index contributed by atoms with van der Waals surface area (Å²) in [6.45, 7) is 2.06. The lowest BCUT2D eigenvalue weighted by molar-refractivity contribution is -0.323. The molecule has 0 bridgehead atoms. The fraction of sp³-hybridized carbons (Fsp3) is 0.333. The SMILES string of the molecule is CO[C@H]1[C@@H](S)O[C@@H]2COC(c3ccccc3)O[C@@H]2C1(c1cc(Br)ccc1C#N)n1cc(-c2nc(C)c(Cl)s2)nn1. The molecule has 40 heavy (non-hydrogen) atoms. The summed E-state index contributed by atoms with van der Waals surface area (Å²) in [6, 6.07) is 17.5. The van der Waals surface area contributed by atoms with E-state index < -0.39 is 35.6 Å². The van der Waals surface area contributed by atoms with Gasteiger partial charge >= 0.3 is 0 Å². The van der Waals surface area contributed by atoms with E-state index in [0.717, 1.165) is 10.0 Å². The molecule has 0 spiro atoms. The van der Waals surface area contributed by atoms with E-state index in [9.17, 15) is 5.26 Å². The summed E-state index contributed by atoms with van der Waals surface area (Å²) in [5.74, 6) is 0. The molecule has 13 heteroatoms. The molecular weight excluding hydrogens is 638 g/mol. The van der Waals surface area contributed by atoms with Gasteiger partial charge in [0.2, 0.25) is 0 Å². The van der Waals surface area contributed by atoms with Gasteiger partial charge in [-0.25, -0.2) is 9.67 Å². The summed E-state index contributed by atoms with van der Waals surface area (Å²) < 4.78 is 28.3. The number of nitriles is 1. The van der Waals surface area contributed by atoms with E-state index in [0.29, 0.717) is 31.9 Å². The zero-order valence-electron chi connectivity index (χ0n) is 21.3. The van der Waals surface area contributed by atoms with Crippen molar-refractivity contribution in [2.75, 3.05) is 13.7 Å². The number of methoxy groups -OCH3 is 1. The lowest BCUT2D eigenvalue weighted by atomic mass is 9.73. The van der Waals surface area contributed by atoms with Crippen LogP contribution in [0.4, 0.5) is 0 Å². The molecule has 0 amide bonds. The van der Waals surface area contributed by atoms with E-state index in [1.807, 2.05) is 49.4 Å². The number of benzene rings is 2. The Morgan fingerprint density at radius 2 is 2.05 bits per heavy atom. The average molecular weight is 661 g/mol. The van der Waals surface area contributed by atoms with Crippen LogP contribution in [-0.2, 0) is 24.5 Å². The number of rotatable bonds is 5. The highest BCUT2D eigenvalue weighted by Gasteiger charge is 2.63. The second-order valence-electron chi connectivity index (χ2n) is 9.41. The van der Waals surface area contributed by atoms with Crippen molar-refractivity contribution < 1.29 is 18.9 Å². The number of halogens is 2. The van der Waals surface area contributed by atoms with Crippen molar-refractivity contribution in [3.63, 3.8) is 0 Å². The molecule has 2 unspecified atom stereocenters. The molecular formula is C27H23BrClN5O4S2. The number of thiol groups is 1. The number of aromatic nitrogens is 4. The van der Waals surface area contributed by atoms with E-state index in [1.165, 1.54) is 11.3 Å². The van der Waals surface area contributed by atoms with E-state index in [-0.39, 0.29) is 6.61 Å². The summed E-state index contributed by atoms with van der Waals surface area (Å²) >= 11 is 16.0. The predicted octanol–water partition coefficient (Wildman–Crippen LogP) is 5.53.